The third kappa shape index (κ3) is 17.8. The van der Waals surface area contributed by atoms with Gasteiger partial charge in [0.05, 0.1) is 21.3 Å². The average molecular weight is 1220 g/mol. The molecule has 0 saturated heterocycles. The van der Waals surface area contributed by atoms with E-state index in [4.69, 9.17) is 14.2 Å². The first-order valence-electron chi connectivity index (χ1n) is 26.8. The van der Waals surface area contributed by atoms with Gasteiger partial charge in [-0.05, 0) is 76.4 Å². The minimum atomic E-state index is -4.68. The molecule has 9 rings (SSSR count). The van der Waals surface area contributed by atoms with Gasteiger partial charge >= 0.3 is 29.6 Å². The monoisotopic (exact) mass is 1220 g/mol. The molecular formula is C58H69F6N15O6S. The molecule has 0 aliphatic heterocycles. The molecule has 9 aromatic rings. The number of carbonyl (C=O) groups is 3. The fraction of sp³-hybridized carbons (Fsp3) is 0.379. The number of hydrogen-bond donors (Lipinski definition) is 3. The number of nitrogens with one attached hydrogen (secondary N) is 3. The predicted octanol–water partition coefficient (Wildman–Crippen LogP) is 12.2. The normalized spacial score (nSPS) is 12.5. The number of alkyl halides is 6. The Morgan fingerprint density at radius 1 is 0.477 bits per heavy atom. The summed E-state index contributed by atoms with van der Waals surface area (Å²) in [6.45, 7) is 24.2. The number of carbonyl (C=O) groups excluding carboxylic acids is 3. The topological polar surface area (TPSA) is 244 Å². The number of nitrogens with zero attached hydrogens (tertiary/aromatic N) is 12. The maximum absolute atomic E-state index is 13.2. The Kier molecular flexibility index (Phi) is 23.1. The second-order valence-corrected chi connectivity index (χ2v) is 21.3. The van der Waals surface area contributed by atoms with Gasteiger partial charge in [-0.2, -0.15) is 70.1 Å². The van der Waals surface area contributed by atoms with Crippen LogP contribution >= 0.6 is 11.8 Å². The number of esters is 3. The molecule has 28 heteroatoms. The summed E-state index contributed by atoms with van der Waals surface area (Å²) in [5.74, 6) is -0.0850. The number of halogens is 6. The van der Waals surface area contributed by atoms with E-state index >= 15 is 0 Å². The second-order valence-electron chi connectivity index (χ2n) is 20.2. The van der Waals surface area contributed by atoms with Gasteiger partial charge in [-0.25, -0.2) is 29.3 Å². The first-order chi connectivity index (χ1) is 40.6. The predicted molar refractivity (Wildman–Crippen MR) is 313 cm³/mol. The maximum Gasteiger partial charge on any atom is 0.446 e. The molecular weight excluding hydrogens is 1150 g/mol. The van der Waals surface area contributed by atoms with Crippen molar-refractivity contribution in [2.75, 3.05) is 37.3 Å². The van der Waals surface area contributed by atoms with E-state index in [1.807, 2.05) is 77.1 Å². The van der Waals surface area contributed by atoms with E-state index in [0.29, 0.717) is 40.0 Å². The second kappa shape index (κ2) is 29.2. The van der Waals surface area contributed by atoms with Crippen LogP contribution in [0.2, 0.25) is 0 Å². The fourth-order valence-corrected chi connectivity index (χ4v) is 8.51. The molecule has 86 heavy (non-hydrogen) atoms. The lowest BCUT2D eigenvalue weighted by atomic mass is 9.86. The van der Waals surface area contributed by atoms with E-state index in [9.17, 15) is 40.7 Å². The molecule has 0 spiro atoms. The largest absolute Gasteiger partial charge is 0.467 e. The molecule has 0 bridgehead atoms. The molecule has 3 unspecified atom stereocenters. The lowest BCUT2D eigenvalue weighted by Crippen LogP contribution is -2.24. The van der Waals surface area contributed by atoms with Crippen LogP contribution in [-0.4, -0.2) is 103 Å². The molecule has 3 atom stereocenters. The lowest BCUT2D eigenvalue weighted by molar-refractivity contribution is -0.142. The standard InChI is InChI=1S/C19H20F3N5O2.C19H23N5O2.C16H14F3N5O2S.2C2H6/c1-18(2,3)12-7-5-11(6-8-12)15(16(28)29-4)26-14-9-13(19(20,21)22)25-17-23-10-24-27(14)17;1-12-10-15(24-18(22-12)20-11-21-24)23-16(17(25)26-5)13-6-8-14(9-7-13)19(2,3)4;1-9-7-12(24-15(22-9)20-8-21-24)23-13(14(25)26-2)10-3-5-11(6-4-10)27-16(17,18)19;2*1-2/h5-10,15,26H,1-4H3;6-11,16,23H,1-5H3;3-8,13,23H,1-2H3;2*1-2H3. The van der Waals surface area contributed by atoms with Crippen molar-refractivity contribution in [1.82, 2.24) is 58.7 Å². The summed E-state index contributed by atoms with van der Waals surface area (Å²) < 4.78 is 95.8. The first kappa shape index (κ1) is 67.8. The molecule has 3 aromatic carbocycles. The summed E-state index contributed by atoms with van der Waals surface area (Å²) in [6, 6.07) is 22.3. The molecule has 0 fully saturated rings. The molecule has 0 aliphatic carbocycles. The summed E-state index contributed by atoms with van der Waals surface area (Å²) in [5, 5.41) is 21.1. The van der Waals surface area contributed by atoms with Crippen LogP contribution in [0.5, 0.6) is 0 Å². The Labute approximate surface area is 497 Å². The number of ether oxygens (including phenoxy) is 3. The van der Waals surface area contributed by atoms with E-state index in [1.54, 1.807) is 29.6 Å². The highest BCUT2D eigenvalue weighted by Crippen LogP contribution is 2.38. The van der Waals surface area contributed by atoms with Crippen LogP contribution in [-0.2, 0) is 45.6 Å². The van der Waals surface area contributed by atoms with Crippen molar-refractivity contribution in [3.8, 4) is 0 Å². The highest BCUT2D eigenvalue weighted by molar-refractivity contribution is 8.00. The zero-order valence-electron chi connectivity index (χ0n) is 50.1. The molecule has 0 amide bonds. The van der Waals surface area contributed by atoms with Crippen LogP contribution in [0.4, 0.5) is 43.8 Å². The van der Waals surface area contributed by atoms with Crippen molar-refractivity contribution in [3.05, 3.63) is 155 Å². The minimum Gasteiger partial charge on any atom is -0.467 e. The quantitative estimate of drug-likeness (QED) is 0.0420. The average Bonchev–Trinajstić information content (AvgIpc) is 2.74. The zero-order valence-corrected chi connectivity index (χ0v) is 50.9. The van der Waals surface area contributed by atoms with Crippen LogP contribution in [0.25, 0.3) is 17.3 Å². The SMILES string of the molecule is CC.CC.COC(=O)C(Nc1cc(C(F)(F)F)nc2ncnn12)c1ccc(C(C)(C)C)cc1.COC(=O)C(Nc1cc(C)nc2ncnn12)c1ccc(C(C)(C)C)cc1.COC(=O)C(Nc1cc(C)nc2ncnn12)c1ccc(SC(F)(F)F)cc1. The minimum absolute atomic E-state index is 0.0216. The fourth-order valence-electron chi connectivity index (χ4n) is 7.97. The van der Waals surface area contributed by atoms with Gasteiger partial charge in [0.1, 0.15) is 36.4 Å². The Balaban J connectivity index is 0.000000229. The number of thioether (sulfide) groups is 1. The van der Waals surface area contributed by atoms with E-state index in [-0.39, 0.29) is 45.1 Å². The van der Waals surface area contributed by atoms with Crippen LogP contribution in [0.15, 0.2) is 115 Å². The van der Waals surface area contributed by atoms with Gasteiger partial charge in [-0.3, -0.25) is 0 Å². The van der Waals surface area contributed by atoms with Gasteiger partial charge in [-0.1, -0.05) is 130 Å². The Bertz CT molecular complexity index is 3680. The molecule has 6 heterocycles. The first-order valence-corrected chi connectivity index (χ1v) is 27.6. The third-order valence-corrected chi connectivity index (χ3v) is 12.9. The van der Waals surface area contributed by atoms with Crippen LogP contribution in [0, 0.1) is 13.8 Å². The van der Waals surface area contributed by atoms with Crippen molar-refractivity contribution >= 4 is 64.5 Å². The molecule has 0 radical (unpaired) electrons. The maximum atomic E-state index is 13.2. The Hall–Kier alpha value is -8.95. The Morgan fingerprint density at radius 2 is 0.779 bits per heavy atom. The lowest BCUT2D eigenvalue weighted by Gasteiger charge is -2.22. The van der Waals surface area contributed by atoms with E-state index in [0.717, 1.165) is 33.7 Å². The van der Waals surface area contributed by atoms with Crippen molar-refractivity contribution < 1.29 is 54.9 Å². The molecule has 0 saturated carbocycles. The molecule has 3 N–H and O–H groups in total. The van der Waals surface area contributed by atoms with Crippen LogP contribution < -0.4 is 16.0 Å². The van der Waals surface area contributed by atoms with Gasteiger partial charge < -0.3 is 30.2 Å². The van der Waals surface area contributed by atoms with Gasteiger partial charge in [0.25, 0.3) is 17.3 Å². The number of anilines is 3. The third-order valence-electron chi connectivity index (χ3n) is 12.2. The van der Waals surface area contributed by atoms with Crippen LogP contribution in [0.3, 0.4) is 0 Å². The van der Waals surface area contributed by atoms with Gasteiger partial charge in [-0.15, -0.1) is 0 Å². The summed E-state index contributed by atoms with van der Waals surface area (Å²) in [6.07, 6.45) is -0.848. The number of fused-ring (bicyclic) bond motifs is 3. The van der Waals surface area contributed by atoms with E-state index < -0.39 is 47.4 Å². The number of aryl methyl sites for hydroxylation is 2. The van der Waals surface area contributed by atoms with Gasteiger partial charge in [0.15, 0.2) is 23.8 Å². The molecule has 460 valence electrons. The van der Waals surface area contributed by atoms with Gasteiger partial charge in [0, 0.05) is 34.5 Å². The zero-order chi connectivity index (χ0) is 63.9. The van der Waals surface area contributed by atoms with Gasteiger partial charge in [0.2, 0.25) is 0 Å². The number of hydrogen-bond acceptors (Lipinski definition) is 19. The van der Waals surface area contributed by atoms with Crippen molar-refractivity contribution in [3.63, 3.8) is 0 Å². The summed E-state index contributed by atoms with van der Waals surface area (Å²) >= 11 is -0.223. The molecule has 0 aliphatic rings. The number of benzene rings is 3. The Morgan fingerprint density at radius 3 is 1.07 bits per heavy atom. The van der Waals surface area contributed by atoms with Crippen molar-refractivity contribution in [1.29, 1.82) is 0 Å². The number of methoxy groups -OCH3 is 3. The van der Waals surface area contributed by atoms with Crippen molar-refractivity contribution in [2.24, 2.45) is 0 Å². The highest BCUT2D eigenvalue weighted by atomic mass is 32.2. The van der Waals surface area contributed by atoms with E-state index in [2.05, 4.69) is 103 Å². The summed E-state index contributed by atoms with van der Waals surface area (Å²) in [5.41, 5.74) is -0.115. The smallest absolute Gasteiger partial charge is 0.446 e. The number of aromatic nitrogens is 12. The highest BCUT2D eigenvalue weighted by Gasteiger charge is 2.35. The van der Waals surface area contributed by atoms with Crippen molar-refractivity contribution in [2.45, 2.75) is 129 Å². The molecule has 6 aromatic heterocycles. The van der Waals surface area contributed by atoms with E-state index in [1.165, 1.54) is 68.3 Å². The number of rotatable bonds is 13. The van der Waals surface area contributed by atoms with Crippen LogP contribution in [0.1, 0.15) is 132 Å². The summed E-state index contributed by atoms with van der Waals surface area (Å²) in [7, 11) is 3.82. The summed E-state index contributed by atoms with van der Waals surface area (Å²) in [4.78, 5) is 60.9. The molecule has 21 nitrogen and oxygen atoms in total.